The van der Waals surface area contributed by atoms with E-state index in [0.717, 1.165) is 31.2 Å². The van der Waals surface area contributed by atoms with Gasteiger partial charge in [-0.3, -0.25) is 0 Å². The predicted octanol–water partition coefficient (Wildman–Crippen LogP) is 2.60. The van der Waals surface area contributed by atoms with E-state index in [1.807, 2.05) is 26.0 Å². The minimum absolute atomic E-state index is 0.310. The maximum atomic E-state index is 12.7. The van der Waals surface area contributed by atoms with E-state index < -0.39 is 10.0 Å². The molecular formula is C15H23NO3S. The van der Waals surface area contributed by atoms with Gasteiger partial charge in [0.2, 0.25) is 10.0 Å². The first-order chi connectivity index (χ1) is 9.54. The summed E-state index contributed by atoms with van der Waals surface area (Å²) < 4.78 is 32.2. The van der Waals surface area contributed by atoms with Crippen LogP contribution in [0.4, 0.5) is 0 Å². The molecule has 5 heteroatoms. The Labute approximate surface area is 121 Å². The van der Waals surface area contributed by atoms with Crippen molar-refractivity contribution in [3.63, 3.8) is 0 Å². The number of aryl methyl sites for hydroxylation is 2. The molecule has 112 valence electrons. The summed E-state index contributed by atoms with van der Waals surface area (Å²) in [5, 5.41) is 0. The van der Waals surface area contributed by atoms with E-state index in [4.69, 9.17) is 4.74 Å². The maximum absolute atomic E-state index is 12.7. The molecule has 0 saturated carbocycles. The number of hydrogen-bond donors (Lipinski definition) is 0. The second kappa shape index (κ2) is 6.14. The van der Waals surface area contributed by atoms with Crippen LogP contribution in [-0.4, -0.2) is 32.9 Å². The smallest absolute Gasteiger partial charge is 0.246 e. The van der Waals surface area contributed by atoms with Gasteiger partial charge in [-0.2, -0.15) is 4.31 Å². The van der Waals surface area contributed by atoms with Gasteiger partial charge in [-0.05, 0) is 48.9 Å². The highest BCUT2D eigenvalue weighted by Gasteiger charge is 2.27. The van der Waals surface area contributed by atoms with Crippen molar-refractivity contribution >= 4 is 10.0 Å². The molecule has 4 nitrogen and oxygen atoms in total. The number of ether oxygens (including phenoxy) is 1. The Morgan fingerprint density at radius 2 is 1.65 bits per heavy atom. The van der Waals surface area contributed by atoms with E-state index >= 15 is 0 Å². The number of nitrogens with zero attached hydrogens (tertiary/aromatic N) is 1. The largest absolute Gasteiger partial charge is 0.495 e. The molecule has 0 saturated heterocycles. The van der Waals surface area contributed by atoms with Gasteiger partial charge in [-0.15, -0.1) is 0 Å². The Kier molecular flexibility index (Phi) is 4.70. The van der Waals surface area contributed by atoms with E-state index in [9.17, 15) is 8.42 Å². The Hall–Kier alpha value is -1.07. The predicted molar refractivity (Wildman–Crippen MR) is 79.7 cm³/mol. The molecule has 0 fully saturated rings. The van der Waals surface area contributed by atoms with E-state index in [2.05, 4.69) is 0 Å². The second-order valence-corrected chi connectivity index (χ2v) is 6.97. The lowest BCUT2D eigenvalue weighted by Gasteiger charge is -2.23. The Morgan fingerprint density at radius 1 is 1.10 bits per heavy atom. The molecule has 2 rings (SSSR count). The summed E-state index contributed by atoms with van der Waals surface area (Å²) in [6, 6.07) is 3.73. The molecule has 0 spiro atoms. The zero-order valence-electron chi connectivity index (χ0n) is 12.5. The number of sulfonamides is 1. The number of benzene rings is 1. The maximum Gasteiger partial charge on any atom is 0.246 e. The summed E-state index contributed by atoms with van der Waals surface area (Å²) in [5.74, 6) is 0.470. The van der Waals surface area contributed by atoms with Gasteiger partial charge in [0, 0.05) is 13.1 Å². The van der Waals surface area contributed by atoms with E-state index in [0.29, 0.717) is 23.7 Å². The summed E-state index contributed by atoms with van der Waals surface area (Å²) >= 11 is 0. The van der Waals surface area contributed by atoms with Crippen molar-refractivity contribution < 1.29 is 13.2 Å². The first-order valence-electron chi connectivity index (χ1n) is 7.24. The topological polar surface area (TPSA) is 46.6 Å². The molecule has 0 N–H and O–H groups in total. The van der Waals surface area contributed by atoms with E-state index in [1.165, 1.54) is 17.0 Å². The van der Waals surface area contributed by atoms with Crippen LogP contribution in [0.25, 0.3) is 0 Å². The van der Waals surface area contributed by atoms with Crippen LogP contribution < -0.4 is 4.74 Å². The average molecular weight is 297 g/mol. The fourth-order valence-corrected chi connectivity index (χ4v) is 4.45. The van der Waals surface area contributed by atoms with Crippen molar-refractivity contribution in [1.82, 2.24) is 4.31 Å². The lowest BCUT2D eigenvalue weighted by Crippen LogP contribution is -2.31. The Morgan fingerprint density at radius 3 is 2.15 bits per heavy atom. The molecule has 0 atom stereocenters. The molecule has 0 aromatic heterocycles. The molecule has 1 aromatic rings. The van der Waals surface area contributed by atoms with Gasteiger partial charge in [0.25, 0.3) is 0 Å². The number of methoxy groups -OCH3 is 1. The zero-order chi connectivity index (χ0) is 14.8. The fraction of sp³-hybridized carbons (Fsp3) is 0.600. The molecule has 0 unspecified atom stereocenters. The van der Waals surface area contributed by atoms with Crippen LogP contribution in [-0.2, 0) is 22.9 Å². The van der Waals surface area contributed by atoms with E-state index in [1.54, 1.807) is 0 Å². The Bertz CT molecular complexity index is 577. The van der Waals surface area contributed by atoms with Gasteiger partial charge in [0.05, 0.1) is 7.11 Å². The number of hydrogen-bond acceptors (Lipinski definition) is 3. The van der Waals surface area contributed by atoms with Gasteiger partial charge in [0.1, 0.15) is 10.6 Å². The van der Waals surface area contributed by atoms with Gasteiger partial charge >= 0.3 is 0 Å². The minimum atomic E-state index is -3.47. The lowest BCUT2D eigenvalue weighted by molar-refractivity contribution is 0.394. The molecule has 1 aliphatic rings. The van der Waals surface area contributed by atoms with Gasteiger partial charge in [0.15, 0.2) is 0 Å². The van der Waals surface area contributed by atoms with Gasteiger partial charge in [-0.1, -0.05) is 13.8 Å². The summed E-state index contributed by atoms with van der Waals surface area (Å²) in [4.78, 5) is 0.310. The quantitative estimate of drug-likeness (QED) is 0.839. The van der Waals surface area contributed by atoms with Crippen LogP contribution in [0.15, 0.2) is 17.0 Å². The molecule has 1 aliphatic carbocycles. The highest BCUT2D eigenvalue weighted by Crippen LogP contribution is 2.33. The van der Waals surface area contributed by atoms with Crippen LogP contribution in [0, 0.1) is 0 Å². The van der Waals surface area contributed by atoms with Crippen molar-refractivity contribution in [3.8, 4) is 5.75 Å². The van der Waals surface area contributed by atoms with Crippen molar-refractivity contribution in [2.24, 2.45) is 0 Å². The van der Waals surface area contributed by atoms with Crippen molar-refractivity contribution in [1.29, 1.82) is 0 Å². The molecule has 0 heterocycles. The zero-order valence-corrected chi connectivity index (χ0v) is 13.3. The van der Waals surface area contributed by atoms with Crippen molar-refractivity contribution in [2.45, 2.75) is 44.4 Å². The highest BCUT2D eigenvalue weighted by molar-refractivity contribution is 7.89. The summed E-state index contributed by atoms with van der Waals surface area (Å²) in [6.45, 7) is 4.65. The third-order valence-electron chi connectivity index (χ3n) is 3.95. The lowest BCUT2D eigenvalue weighted by atomic mass is 9.92. The summed E-state index contributed by atoms with van der Waals surface area (Å²) in [6.07, 6.45) is 4.26. The van der Waals surface area contributed by atoms with Crippen molar-refractivity contribution in [3.05, 3.63) is 23.3 Å². The van der Waals surface area contributed by atoms with Crippen molar-refractivity contribution in [2.75, 3.05) is 20.2 Å². The van der Waals surface area contributed by atoms with Crippen LogP contribution in [0.2, 0.25) is 0 Å². The monoisotopic (exact) mass is 297 g/mol. The molecule has 1 aromatic carbocycles. The fourth-order valence-electron chi connectivity index (χ4n) is 2.80. The Balaban J connectivity index is 2.55. The number of fused-ring (bicyclic) bond motifs is 1. The molecule has 20 heavy (non-hydrogen) atoms. The van der Waals surface area contributed by atoms with Gasteiger partial charge < -0.3 is 4.74 Å². The molecule has 0 amide bonds. The average Bonchev–Trinajstić information content (AvgIpc) is 2.46. The third kappa shape index (κ3) is 2.69. The van der Waals surface area contributed by atoms with Crippen LogP contribution in [0.5, 0.6) is 5.75 Å². The summed E-state index contributed by atoms with van der Waals surface area (Å²) in [7, 11) is -1.94. The normalized spacial score (nSPS) is 15.2. The SMILES string of the molecule is CCN(CC)S(=O)(=O)c1cc2c(cc1OC)CCCC2. The standard InChI is InChI=1S/C15H23NO3S/c1-4-16(5-2)20(17,18)15-11-13-9-7-6-8-12(13)10-14(15)19-3/h10-11H,4-9H2,1-3H3. The molecular weight excluding hydrogens is 274 g/mol. The minimum Gasteiger partial charge on any atom is -0.495 e. The van der Waals surface area contributed by atoms with E-state index in [-0.39, 0.29) is 0 Å². The highest BCUT2D eigenvalue weighted by atomic mass is 32.2. The first kappa shape index (κ1) is 15.3. The summed E-state index contributed by atoms with van der Waals surface area (Å²) in [5.41, 5.74) is 2.38. The van der Waals surface area contributed by atoms with Crippen LogP contribution >= 0.6 is 0 Å². The van der Waals surface area contributed by atoms with Crippen LogP contribution in [0.1, 0.15) is 37.8 Å². The third-order valence-corrected chi connectivity index (χ3v) is 6.02. The first-order valence-corrected chi connectivity index (χ1v) is 8.68. The molecule has 0 radical (unpaired) electrons. The molecule has 0 aliphatic heterocycles. The van der Waals surface area contributed by atoms with Crippen LogP contribution in [0.3, 0.4) is 0 Å². The van der Waals surface area contributed by atoms with Gasteiger partial charge in [-0.25, -0.2) is 8.42 Å². The second-order valence-electron chi connectivity index (χ2n) is 5.07. The molecule has 0 bridgehead atoms. The number of rotatable bonds is 5.